The fourth-order valence-electron chi connectivity index (χ4n) is 2.10. The zero-order chi connectivity index (χ0) is 10.1. The van der Waals surface area contributed by atoms with Crippen molar-refractivity contribution in [2.75, 3.05) is 13.2 Å². The maximum absolute atomic E-state index is 11.3. The first-order chi connectivity index (χ1) is 6.70. The second-order valence-electron chi connectivity index (χ2n) is 3.94. The first-order valence-electron chi connectivity index (χ1n) is 5.13. The summed E-state index contributed by atoms with van der Waals surface area (Å²) in [6.07, 6.45) is 2.20. The standard InChI is InChI=1S/C10H15NO3/c1-2-14-9-3-7(4-9)11-6-8(12)5-10(11)13/h7,9H,2-6H2,1H3. The van der Waals surface area contributed by atoms with Gasteiger partial charge in [0, 0.05) is 12.6 Å². The van der Waals surface area contributed by atoms with Gasteiger partial charge in [0.15, 0.2) is 5.78 Å². The van der Waals surface area contributed by atoms with E-state index in [1.807, 2.05) is 6.92 Å². The van der Waals surface area contributed by atoms with Gasteiger partial charge in [-0.25, -0.2) is 0 Å². The van der Waals surface area contributed by atoms with Gasteiger partial charge in [0.05, 0.1) is 19.1 Å². The molecule has 0 aromatic heterocycles. The van der Waals surface area contributed by atoms with Crippen LogP contribution in [-0.2, 0) is 14.3 Å². The number of carbonyl (C=O) groups is 2. The highest BCUT2D eigenvalue weighted by atomic mass is 16.5. The van der Waals surface area contributed by atoms with Crippen LogP contribution in [0.3, 0.4) is 0 Å². The van der Waals surface area contributed by atoms with Gasteiger partial charge < -0.3 is 9.64 Å². The van der Waals surface area contributed by atoms with Crippen molar-refractivity contribution in [1.82, 2.24) is 4.90 Å². The molecule has 1 aliphatic carbocycles. The van der Waals surface area contributed by atoms with E-state index in [0.29, 0.717) is 12.6 Å². The number of likely N-dealkylation sites (tertiary alicyclic amines) is 1. The lowest BCUT2D eigenvalue weighted by Gasteiger charge is -2.40. The molecule has 1 saturated carbocycles. The second kappa shape index (κ2) is 3.69. The zero-order valence-electron chi connectivity index (χ0n) is 8.36. The summed E-state index contributed by atoms with van der Waals surface area (Å²) in [6.45, 7) is 3.02. The number of hydrogen-bond donors (Lipinski definition) is 0. The molecule has 2 aliphatic rings. The predicted octanol–water partition coefficient (Wildman–Crippen LogP) is 0.355. The van der Waals surface area contributed by atoms with Crippen molar-refractivity contribution in [3.63, 3.8) is 0 Å². The van der Waals surface area contributed by atoms with E-state index in [9.17, 15) is 9.59 Å². The lowest BCUT2D eigenvalue weighted by Crippen LogP contribution is -2.48. The summed E-state index contributed by atoms with van der Waals surface area (Å²) in [5.41, 5.74) is 0. The fourth-order valence-corrected chi connectivity index (χ4v) is 2.10. The molecule has 2 fully saturated rings. The first kappa shape index (κ1) is 9.65. The third-order valence-corrected chi connectivity index (χ3v) is 2.93. The number of amides is 1. The van der Waals surface area contributed by atoms with E-state index in [4.69, 9.17) is 4.74 Å². The third-order valence-electron chi connectivity index (χ3n) is 2.93. The van der Waals surface area contributed by atoms with E-state index in [-0.39, 0.29) is 24.2 Å². The average molecular weight is 197 g/mol. The summed E-state index contributed by atoms with van der Waals surface area (Å²) in [5.74, 6) is 0.0461. The van der Waals surface area contributed by atoms with Gasteiger partial charge in [0.25, 0.3) is 0 Å². The molecule has 1 saturated heterocycles. The molecule has 0 spiro atoms. The lowest BCUT2D eigenvalue weighted by atomic mass is 9.88. The van der Waals surface area contributed by atoms with Crippen molar-refractivity contribution in [3.8, 4) is 0 Å². The minimum absolute atomic E-state index is 0.00468. The zero-order valence-corrected chi connectivity index (χ0v) is 8.36. The Morgan fingerprint density at radius 2 is 2.14 bits per heavy atom. The van der Waals surface area contributed by atoms with Gasteiger partial charge in [0.1, 0.15) is 0 Å². The van der Waals surface area contributed by atoms with E-state index in [1.165, 1.54) is 0 Å². The molecule has 1 aliphatic heterocycles. The number of carbonyl (C=O) groups excluding carboxylic acids is 2. The van der Waals surface area contributed by atoms with Gasteiger partial charge in [0.2, 0.25) is 5.91 Å². The maximum atomic E-state index is 11.3. The van der Waals surface area contributed by atoms with E-state index < -0.39 is 0 Å². The predicted molar refractivity (Wildman–Crippen MR) is 49.8 cm³/mol. The average Bonchev–Trinajstić information content (AvgIpc) is 2.37. The summed E-state index contributed by atoms with van der Waals surface area (Å²) in [4.78, 5) is 24.1. The second-order valence-corrected chi connectivity index (χ2v) is 3.94. The van der Waals surface area contributed by atoms with Crippen LogP contribution < -0.4 is 0 Å². The molecule has 1 heterocycles. The highest BCUT2D eigenvalue weighted by molar-refractivity contribution is 6.05. The molecule has 4 heteroatoms. The molecule has 1 amide bonds. The molecule has 14 heavy (non-hydrogen) atoms. The van der Waals surface area contributed by atoms with E-state index in [0.717, 1.165) is 19.4 Å². The van der Waals surface area contributed by atoms with Gasteiger partial charge in [-0.1, -0.05) is 0 Å². The summed E-state index contributed by atoms with van der Waals surface area (Å²) < 4.78 is 5.41. The van der Waals surface area contributed by atoms with E-state index >= 15 is 0 Å². The Morgan fingerprint density at radius 1 is 1.43 bits per heavy atom. The quantitative estimate of drug-likeness (QED) is 0.613. The van der Waals surface area contributed by atoms with Crippen LogP contribution in [0, 0.1) is 0 Å². The van der Waals surface area contributed by atoms with Gasteiger partial charge in [-0.2, -0.15) is 0 Å². The molecular weight excluding hydrogens is 182 g/mol. The monoisotopic (exact) mass is 197 g/mol. The van der Waals surface area contributed by atoms with Crippen LogP contribution in [0.25, 0.3) is 0 Å². The van der Waals surface area contributed by atoms with Crippen molar-refractivity contribution in [1.29, 1.82) is 0 Å². The SMILES string of the molecule is CCOC1CC(N2CC(=O)CC2=O)C1. The molecule has 2 rings (SSSR count). The summed E-state index contributed by atoms with van der Waals surface area (Å²) in [6, 6.07) is 0.255. The van der Waals surface area contributed by atoms with Crippen LogP contribution in [-0.4, -0.2) is 41.9 Å². The van der Waals surface area contributed by atoms with Crippen LogP contribution in [0.15, 0.2) is 0 Å². The van der Waals surface area contributed by atoms with Crippen molar-refractivity contribution < 1.29 is 14.3 Å². The van der Waals surface area contributed by atoms with Gasteiger partial charge in [-0.3, -0.25) is 9.59 Å². The molecule has 78 valence electrons. The third kappa shape index (κ3) is 1.66. The van der Waals surface area contributed by atoms with E-state index in [1.54, 1.807) is 4.90 Å². The van der Waals surface area contributed by atoms with Crippen LogP contribution in [0.4, 0.5) is 0 Å². The van der Waals surface area contributed by atoms with Crippen molar-refractivity contribution >= 4 is 11.7 Å². The molecule has 0 unspecified atom stereocenters. The van der Waals surface area contributed by atoms with Crippen LogP contribution in [0.1, 0.15) is 26.2 Å². The van der Waals surface area contributed by atoms with Crippen molar-refractivity contribution in [2.45, 2.75) is 38.3 Å². The fraction of sp³-hybridized carbons (Fsp3) is 0.800. The lowest BCUT2D eigenvalue weighted by molar-refractivity contribution is -0.134. The smallest absolute Gasteiger partial charge is 0.230 e. The maximum Gasteiger partial charge on any atom is 0.230 e. The van der Waals surface area contributed by atoms with Gasteiger partial charge in [-0.05, 0) is 19.8 Å². The summed E-state index contributed by atoms with van der Waals surface area (Å²) in [7, 11) is 0. The molecule has 4 nitrogen and oxygen atoms in total. The summed E-state index contributed by atoms with van der Waals surface area (Å²) in [5, 5.41) is 0. The first-order valence-corrected chi connectivity index (χ1v) is 5.13. The van der Waals surface area contributed by atoms with Crippen LogP contribution >= 0.6 is 0 Å². The van der Waals surface area contributed by atoms with E-state index in [2.05, 4.69) is 0 Å². The van der Waals surface area contributed by atoms with Crippen molar-refractivity contribution in [2.24, 2.45) is 0 Å². The number of ether oxygens (including phenoxy) is 1. The molecule has 0 aromatic carbocycles. The number of Topliss-reactive ketones (excluding diaryl/α,β-unsaturated/α-hetero) is 1. The van der Waals surface area contributed by atoms with Gasteiger partial charge in [-0.15, -0.1) is 0 Å². The largest absolute Gasteiger partial charge is 0.378 e. The summed E-state index contributed by atoms with van der Waals surface area (Å²) >= 11 is 0. The van der Waals surface area contributed by atoms with Gasteiger partial charge >= 0.3 is 0 Å². The molecule has 0 bridgehead atoms. The molecule has 0 N–H and O–H groups in total. The molecular formula is C10H15NO3. The number of nitrogens with zero attached hydrogens (tertiary/aromatic N) is 1. The Balaban J connectivity index is 1.82. The molecule has 0 aromatic rings. The number of hydrogen-bond acceptors (Lipinski definition) is 3. The molecule has 0 radical (unpaired) electrons. The number of ketones is 1. The number of rotatable bonds is 3. The Bertz CT molecular complexity index is 258. The highest BCUT2D eigenvalue weighted by Crippen LogP contribution is 2.30. The minimum Gasteiger partial charge on any atom is -0.378 e. The van der Waals surface area contributed by atoms with Crippen LogP contribution in [0.2, 0.25) is 0 Å². The Morgan fingerprint density at radius 3 is 2.64 bits per heavy atom. The van der Waals surface area contributed by atoms with Crippen molar-refractivity contribution in [3.05, 3.63) is 0 Å². The highest BCUT2D eigenvalue weighted by Gasteiger charge is 2.40. The normalized spacial score (nSPS) is 32.2. The van der Waals surface area contributed by atoms with Crippen LogP contribution in [0.5, 0.6) is 0 Å². The Labute approximate surface area is 83.2 Å². The Hall–Kier alpha value is -0.900. The topological polar surface area (TPSA) is 46.6 Å². The molecule has 0 atom stereocenters. The Kier molecular flexibility index (Phi) is 2.54. The minimum atomic E-state index is -0.00468.